The van der Waals surface area contributed by atoms with Gasteiger partial charge in [-0.2, -0.15) is 0 Å². The molecule has 2 aliphatic rings. The van der Waals surface area contributed by atoms with Crippen LogP contribution in [0.15, 0.2) is 54.9 Å². The average Bonchev–Trinajstić information content (AvgIpc) is 3.48. The summed E-state index contributed by atoms with van der Waals surface area (Å²) in [6.45, 7) is 3.80. The minimum atomic E-state index is -0.0517. The Balaban J connectivity index is 1.40. The normalized spacial score (nSPS) is 16.2. The van der Waals surface area contributed by atoms with Crippen LogP contribution in [0.1, 0.15) is 24.2 Å². The third kappa shape index (κ3) is 3.29. The van der Waals surface area contributed by atoms with Crippen LogP contribution in [0.2, 0.25) is 0 Å². The van der Waals surface area contributed by atoms with Crippen molar-refractivity contribution in [3.8, 4) is 17.2 Å². The highest BCUT2D eigenvalue weighted by Crippen LogP contribution is 2.34. The molecule has 1 N–H and O–H groups in total. The van der Waals surface area contributed by atoms with Gasteiger partial charge < -0.3 is 19.4 Å². The molecule has 7 nitrogen and oxygen atoms in total. The molecule has 0 aliphatic carbocycles. The first-order valence-corrected chi connectivity index (χ1v) is 9.76. The molecule has 1 saturated heterocycles. The largest absolute Gasteiger partial charge is 0.454 e. The Morgan fingerprint density at radius 2 is 2.00 bits per heavy atom. The number of carbonyl (C=O) groups is 1. The molecule has 29 heavy (non-hydrogen) atoms. The van der Waals surface area contributed by atoms with E-state index < -0.39 is 0 Å². The van der Waals surface area contributed by atoms with Crippen LogP contribution >= 0.6 is 0 Å². The monoisotopic (exact) mass is 390 g/mol. The number of hydrogen-bond acceptors (Lipinski definition) is 4. The number of amides is 2. The van der Waals surface area contributed by atoms with E-state index in [0.29, 0.717) is 13.1 Å². The van der Waals surface area contributed by atoms with Crippen LogP contribution in [-0.4, -0.2) is 35.5 Å². The van der Waals surface area contributed by atoms with E-state index in [4.69, 9.17) is 9.47 Å². The van der Waals surface area contributed by atoms with E-state index in [1.165, 1.54) is 5.56 Å². The molecule has 3 aromatic rings. The number of imidazole rings is 1. The van der Waals surface area contributed by atoms with Gasteiger partial charge in [0.25, 0.3) is 0 Å². The summed E-state index contributed by atoms with van der Waals surface area (Å²) in [5.41, 5.74) is 3.06. The average molecular weight is 390 g/mol. The second kappa shape index (κ2) is 7.16. The van der Waals surface area contributed by atoms with Gasteiger partial charge in [-0.3, -0.25) is 4.90 Å². The molecule has 0 saturated carbocycles. The van der Waals surface area contributed by atoms with Crippen molar-refractivity contribution in [1.29, 1.82) is 0 Å². The number of nitrogens with one attached hydrogen (secondary N) is 1. The standard InChI is InChI=1S/C22H22N4O3/c1-15(11-16-5-6-19-20(12-16)29-14-28-19)21-23-7-9-25(21)17-3-2-4-18(13-17)26-10-8-24-22(26)27/h2-7,9,12-13,15H,8,10-11,14H2,1H3,(H,24,27)/t15-/m1/s1. The highest BCUT2D eigenvalue weighted by atomic mass is 16.7. The molecular weight excluding hydrogens is 368 g/mol. The lowest BCUT2D eigenvalue weighted by molar-refractivity contribution is 0.174. The maximum absolute atomic E-state index is 12.0. The van der Waals surface area contributed by atoms with E-state index in [9.17, 15) is 4.79 Å². The lowest BCUT2D eigenvalue weighted by Gasteiger charge is -2.18. The van der Waals surface area contributed by atoms with Crippen LogP contribution in [0.4, 0.5) is 10.5 Å². The number of aromatic nitrogens is 2. The van der Waals surface area contributed by atoms with Gasteiger partial charge in [0.1, 0.15) is 5.82 Å². The van der Waals surface area contributed by atoms with E-state index in [2.05, 4.69) is 27.9 Å². The van der Waals surface area contributed by atoms with E-state index in [1.807, 2.05) is 48.8 Å². The van der Waals surface area contributed by atoms with Gasteiger partial charge in [0.15, 0.2) is 11.5 Å². The highest BCUT2D eigenvalue weighted by molar-refractivity contribution is 5.94. The summed E-state index contributed by atoms with van der Waals surface area (Å²) >= 11 is 0. The van der Waals surface area contributed by atoms with Crippen molar-refractivity contribution in [2.75, 3.05) is 24.8 Å². The smallest absolute Gasteiger partial charge is 0.321 e. The number of benzene rings is 2. The summed E-state index contributed by atoms with van der Waals surface area (Å²) in [4.78, 5) is 18.4. The fraction of sp³-hybridized carbons (Fsp3) is 0.273. The number of urea groups is 1. The van der Waals surface area contributed by atoms with E-state index in [-0.39, 0.29) is 18.7 Å². The molecule has 0 spiro atoms. The quantitative estimate of drug-likeness (QED) is 0.724. The van der Waals surface area contributed by atoms with Crippen molar-refractivity contribution in [3.63, 3.8) is 0 Å². The zero-order chi connectivity index (χ0) is 19.8. The summed E-state index contributed by atoms with van der Waals surface area (Å²) in [5, 5.41) is 2.85. The number of ether oxygens (including phenoxy) is 2. The third-order valence-corrected chi connectivity index (χ3v) is 5.37. The summed E-state index contributed by atoms with van der Waals surface area (Å²) in [6.07, 6.45) is 4.62. The molecule has 2 amide bonds. The van der Waals surface area contributed by atoms with Gasteiger partial charge >= 0.3 is 6.03 Å². The van der Waals surface area contributed by atoms with Crippen LogP contribution in [0.3, 0.4) is 0 Å². The van der Waals surface area contributed by atoms with Crippen molar-refractivity contribution in [1.82, 2.24) is 14.9 Å². The maximum atomic E-state index is 12.0. The second-order valence-corrected chi connectivity index (χ2v) is 7.35. The number of carbonyl (C=O) groups excluding carboxylic acids is 1. The molecule has 1 fully saturated rings. The lowest BCUT2D eigenvalue weighted by Crippen LogP contribution is -2.27. The first-order chi connectivity index (χ1) is 14.2. The Hall–Kier alpha value is -3.48. The van der Waals surface area contributed by atoms with Gasteiger partial charge in [0.2, 0.25) is 6.79 Å². The predicted octanol–water partition coefficient (Wildman–Crippen LogP) is 3.48. The highest BCUT2D eigenvalue weighted by Gasteiger charge is 2.22. The fourth-order valence-corrected chi connectivity index (χ4v) is 3.94. The Morgan fingerprint density at radius 1 is 1.14 bits per heavy atom. The van der Waals surface area contributed by atoms with Crippen LogP contribution in [0.5, 0.6) is 11.5 Å². The molecule has 0 radical (unpaired) electrons. The van der Waals surface area contributed by atoms with Crippen molar-refractivity contribution in [2.45, 2.75) is 19.3 Å². The molecule has 5 rings (SSSR count). The Bertz CT molecular complexity index is 1060. The zero-order valence-electron chi connectivity index (χ0n) is 16.2. The first kappa shape index (κ1) is 17.6. The fourth-order valence-electron chi connectivity index (χ4n) is 3.94. The van der Waals surface area contributed by atoms with Crippen molar-refractivity contribution in [3.05, 3.63) is 66.2 Å². The molecule has 2 aliphatic heterocycles. The number of anilines is 1. The van der Waals surface area contributed by atoms with Crippen molar-refractivity contribution in [2.24, 2.45) is 0 Å². The number of hydrogen-bond donors (Lipinski definition) is 1. The molecule has 2 aromatic carbocycles. The molecule has 148 valence electrons. The van der Waals surface area contributed by atoms with Gasteiger partial charge in [-0.15, -0.1) is 0 Å². The molecule has 1 atom stereocenters. The maximum Gasteiger partial charge on any atom is 0.321 e. The van der Waals surface area contributed by atoms with Gasteiger partial charge in [0, 0.05) is 42.8 Å². The Morgan fingerprint density at radius 3 is 2.86 bits per heavy atom. The first-order valence-electron chi connectivity index (χ1n) is 9.76. The second-order valence-electron chi connectivity index (χ2n) is 7.35. The Kier molecular flexibility index (Phi) is 4.35. The SMILES string of the molecule is C[C@H](Cc1ccc2c(c1)OCO2)c1nccn1-c1cccc(N2CCNC2=O)c1. The summed E-state index contributed by atoms with van der Waals surface area (Å²) in [6, 6.07) is 14.0. The lowest BCUT2D eigenvalue weighted by atomic mass is 10.00. The summed E-state index contributed by atoms with van der Waals surface area (Å²) in [5.74, 6) is 2.77. The minimum Gasteiger partial charge on any atom is -0.454 e. The van der Waals surface area contributed by atoms with Crippen molar-refractivity contribution >= 4 is 11.7 Å². The molecule has 1 aromatic heterocycles. The summed E-state index contributed by atoms with van der Waals surface area (Å²) in [7, 11) is 0. The van der Waals surface area contributed by atoms with E-state index in [1.54, 1.807) is 4.90 Å². The van der Waals surface area contributed by atoms with E-state index in [0.717, 1.165) is 35.1 Å². The summed E-state index contributed by atoms with van der Waals surface area (Å²) < 4.78 is 13.0. The minimum absolute atomic E-state index is 0.0517. The van der Waals surface area contributed by atoms with E-state index >= 15 is 0 Å². The zero-order valence-corrected chi connectivity index (χ0v) is 16.2. The molecule has 0 unspecified atom stereocenters. The number of fused-ring (bicyclic) bond motifs is 1. The Labute approximate surface area is 168 Å². The van der Waals surface area contributed by atoms with Gasteiger partial charge in [-0.05, 0) is 42.3 Å². The number of rotatable bonds is 5. The van der Waals surface area contributed by atoms with Gasteiger partial charge in [-0.1, -0.05) is 19.1 Å². The van der Waals surface area contributed by atoms with Gasteiger partial charge in [0.05, 0.1) is 0 Å². The van der Waals surface area contributed by atoms with Crippen LogP contribution < -0.4 is 19.7 Å². The van der Waals surface area contributed by atoms with Crippen LogP contribution in [0.25, 0.3) is 5.69 Å². The molecule has 7 heteroatoms. The predicted molar refractivity (Wildman–Crippen MR) is 109 cm³/mol. The van der Waals surface area contributed by atoms with Gasteiger partial charge in [-0.25, -0.2) is 9.78 Å². The van der Waals surface area contributed by atoms with Crippen LogP contribution in [-0.2, 0) is 6.42 Å². The van der Waals surface area contributed by atoms with Crippen LogP contribution in [0, 0.1) is 0 Å². The molecule has 3 heterocycles. The topological polar surface area (TPSA) is 68.6 Å². The number of nitrogens with zero attached hydrogens (tertiary/aromatic N) is 3. The molecule has 0 bridgehead atoms. The third-order valence-electron chi connectivity index (χ3n) is 5.37. The molecular formula is C22H22N4O3. The van der Waals surface area contributed by atoms with Crippen molar-refractivity contribution < 1.29 is 14.3 Å².